The van der Waals surface area contributed by atoms with E-state index in [2.05, 4.69) is 14.8 Å². The van der Waals surface area contributed by atoms with Gasteiger partial charge in [-0.25, -0.2) is 0 Å². The molecule has 0 spiro atoms. The number of benzene rings is 2. The van der Waals surface area contributed by atoms with Crippen molar-refractivity contribution >= 4 is 22.5 Å². The van der Waals surface area contributed by atoms with Crippen molar-refractivity contribution in [3.05, 3.63) is 53.7 Å². The number of nitrogens with zero attached hydrogens (tertiary/aromatic N) is 1. The highest BCUT2D eigenvalue weighted by Crippen LogP contribution is 2.52. The molecule has 1 saturated carbocycles. The summed E-state index contributed by atoms with van der Waals surface area (Å²) in [6, 6.07) is 11.7. The van der Waals surface area contributed by atoms with Crippen molar-refractivity contribution in [1.29, 1.82) is 0 Å². The molecule has 3 atom stereocenters. The number of halogens is 2. The standard InChI is InChI=1S/C28H32F2N2O7/c1-26(2,3)23-11-15-10-17(5-6-18(15)32(23)13-19(34)24(36)20(35)14-33)31-25(37)27(8-9-27)16-4-7-21-22(12-16)39-28(29,30)38-21/h4-7,10-12,19-20,24,33-36H,8-9,13-14H2,1-3H3,(H,31,37)/t19-,20+,24+/m0/s1. The SMILES string of the molecule is CC(C)(C)c1cc2cc(NC(=O)C3(c4ccc5c(c4)OC(F)(F)O5)CC3)ccc2n1C[C@H](O)[C@@H](O)[C@H](O)CO. The highest BCUT2D eigenvalue weighted by atomic mass is 19.3. The Hall–Kier alpha value is -3.25. The van der Waals surface area contributed by atoms with Crippen LogP contribution in [0.25, 0.3) is 10.9 Å². The van der Waals surface area contributed by atoms with Crippen molar-refractivity contribution < 1.29 is 43.5 Å². The minimum absolute atomic E-state index is 0.0215. The average molecular weight is 547 g/mol. The number of amides is 1. The Balaban J connectivity index is 1.40. The molecule has 5 rings (SSSR count). The quantitative estimate of drug-likeness (QED) is 0.293. The van der Waals surface area contributed by atoms with Crippen LogP contribution in [0.15, 0.2) is 42.5 Å². The predicted octanol–water partition coefficient (Wildman–Crippen LogP) is 3.01. The first-order valence-electron chi connectivity index (χ1n) is 12.7. The van der Waals surface area contributed by atoms with Gasteiger partial charge in [0.1, 0.15) is 18.3 Å². The fourth-order valence-electron chi connectivity index (χ4n) is 5.10. The molecule has 2 aliphatic rings. The molecule has 210 valence electrons. The number of aliphatic hydroxyl groups excluding tert-OH is 4. The molecule has 1 aliphatic heterocycles. The van der Waals surface area contributed by atoms with Gasteiger partial charge in [0.15, 0.2) is 11.5 Å². The lowest BCUT2D eigenvalue weighted by molar-refractivity contribution is -0.286. The fourth-order valence-corrected chi connectivity index (χ4v) is 5.10. The second kappa shape index (κ2) is 9.44. The van der Waals surface area contributed by atoms with Crippen LogP contribution in [0.2, 0.25) is 0 Å². The number of hydrogen-bond donors (Lipinski definition) is 5. The molecule has 0 saturated heterocycles. The molecule has 2 aromatic carbocycles. The maximum atomic E-state index is 13.4. The summed E-state index contributed by atoms with van der Waals surface area (Å²) < 4.78 is 37.8. The summed E-state index contributed by atoms with van der Waals surface area (Å²) in [4.78, 5) is 13.4. The maximum Gasteiger partial charge on any atom is 0.586 e. The van der Waals surface area contributed by atoms with E-state index < -0.39 is 36.6 Å². The zero-order valence-electron chi connectivity index (χ0n) is 21.8. The van der Waals surface area contributed by atoms with Crippen LogP contribution in [0.4, 0.5) is 14.5 Å². The number of ether oxygens (including phenoxy) is 2. The number of fused-ring (bicyclic) bond motifs is 2. The molecule has 1 aliphatic carbocycles. The van der Waals surface area contributed by atoms with Crippen LogP contribution in [0.5, 0.6) is 11.5 Å². The van der Waals surface area contributed by atoms with E-state index in [1.165, 1.54) is 12.1 Å². The minimum atomic E-state index is -3.73. The second-order valence-electron chi connectivity index (χ2n) is 11.3. The molecule has 3 aromatic rings. The smallest absolute Gasteiger partial charge is 0.395 e. The molecule has 1 fully saturated rings. The third-order valence-corrected chi connectivity index (χ3v) is 7.41. The van der Waals surface area contributed by atoms with Crippen molar-refractivity contribution in [3.63, 3.8) is 0 Å². The molecule has 1 amide bonds. The molecule has 0 bridgehead atoms. The monoisotopic (exact) mass is 546 g/mol. The number of nitrogens with one attached hydrogen (secondary N) is 1. The molecule has 2 heterocycles. The summed E-state index contributed by atoms with van der Waals surface area (Å²) in [7, 11) is 0. The highest BCUT2D eigenvalue weighted by molar-refractivity contribution is 6.02. The molecule has 1 aromatic heterocycles. The van der Waals surface area contributed by atoms with Crippen LogP contribution in [-0.2, 0) is 22.2 Å². The number of anilines is 1. The summed E-state index contributed by atoms with van der Waals surface area (Å²) in [5.74, 6) is -0.444. The molecule has 9 nitrogen and oxygen atoms in total. The topological polar surface area (TPSA) is 133 Å². The number of hydrogen-bond acceptors (Lipinski definition) is 7. The van der Waals surface area contributed by atoms with E-state index in [0.29, 0.717) is 24.1 Å². The normalized spacial score (nSPS) is 19.5. The third-order valence-electron chi connectivity index (χ3n) is 7.41. The number of aromatic nitrogens is 1. The number of carbonyl (C=O) groups excluding carboxylic acids is 1. The van der Waals surface area contributed by atoms with Crippen LogP contribution in [-0.4, -0.2) is 62.1 Å². The predicted molar refractivity (Wildman–Crippen MR) is 138 cm³/mol. The lowest BCUT2D eigenvalue weighted by atomic mass is 9.92. The lowest BCUT2D eigenvalue weighted by Gasteiger charge is -2.27. The first kappa shape index (κ1) is 27.3. The van der Waals surface area contributed by atoms with E-state index >= 15 is 0 Å². The molecule has 39 heavy (non-hydrogen) atoms. The van der Waals surface area contributed by atoms with E-state index in [1.807, 2.05) is 31.4 Å². The lowest BCUT2D eigenvalue weighted by Crippen LogP contribution is -2.42. The van der Waals surface area contributed by atoms with Crippen molar-refractivity contribution in [3.8, 4) is 11.5 Å². The largest absolute Gasteiger partial charge is 0.586 e. The van der Waals surface area contributed by atoms with Gasteiger partial charge in [-0.15, -0.1) is 8.78 Å². The maximum absolute atomic E-state index is 13.4. The number of rotatable bonds is 8. The van der Waals surface area contributed by atoms with Crippen LogP contribution in [0, 0.1) is 0 Å². The fraction of sp³-hybridized carbons (Fsp3) is 0.464. The van der Waals surface area contributed by atoms with Gasteiger partial charge in [-0.1, -0.05) is 26.8 Å². The van der Waals surface area contributed by atoms with E-state index in [1.54, 1.807) is 24.3 Å². The molecule has 0 unspecified atom stereocenters. The van der Waals surface area contributed by atoms with Crippen molar-refractivity contribution in [2.75, 3.05) is 11.9 Å². The Morgan fingerprint density at radius 2 is 1.72 bits per heavy atom. The van der Waals surface area contributed by atoms with Gasteiger partial charge in [-0.05, 0) is 54.8 Å². The van der Waals surface area contributed by atoms with Gasteiger partial charge in [0.25, 0.3) is 0 Å². The first-order chi connectivity index (χ1) is 18.2. The molecule has 0 radical (unpaired) electrons. The van der Waals surface area contributed by atoms with Crippen LogP contribution < -0.4 is 14.8 Å². The highest BCUT2D eigenvalue weighted by Gasteiger charge is 2.52. The Bertz CT molecular complexity index is 1410. The summed E-state index contributed by atoms with van der Waals surface area (Å²) in [5, 5.41) is 43.3. The van der Waals surface area contributed by atoms with Crippen molar-refractivity contribution in [1.82, 2.24) is 4.57 Å². The average Bonchev–Trinajstić information content (AvgIpc) is 3.51. The van der Waals surface area contributed by atoms with Gasteiger partial charge in [0.2, 0.25) is 5.91 Å². The summed E-state index contributed by atoms with van der Waals surface area (Å²) in [6.45, 7) is 5.31. The van der Waals surface area contributed by atoms with Crippen molar-refractivity contribution in [2.45, 2.75) is 75.6 Å². The minimum Gasteiger partial charge on any atom is -0.395 e. The van der Waals surface area contributed by atoms with E-state index in [9.17, 15) is 28.9 Å². The summed E-state index contributed by atoms with van der Waals surface area (Å²) in [5.41, 5.74) is 1.53. The van der Waals surface area contributed by atoms with Gasteiger partial charge >= 0.3 is 6.29 Å². The Kier molecular flexibility index (Phi) is 6.61. The van der Waals surface area contributed by atoms with Crippen LogP contribution in [0.3, 0.4) is 0 Å². The molecular weight excluding hydrogens is 514 g/mol. The Labute approximate surface area is 223 Å². The van der Waals surface area contributed by atoms with Crippen LogP contribution >= 0.6 is 0 Å². The van der Waals surface area contributed by atoms with Gasteiger partial charge in [-0.2, -0.15) is 0 Å². The van der Waals surface area contributed by atoms with Gasteiger partial charge in [-0.3, -0.25) is 4.79 Å². The Morgan fingerprint density at radius 3 is 2.36 bits per heavy atom. The van der Waals surface area contributed by atoms with E-state index in [-0.39, 0.29) is 29.4 Å². The number of alkyl halides is 2. The molecular formula is C28H32F2N2O7. The van der Waals surface area contributed by atoms with E-state index in [4.69, 9.17) is 5.11 Å². The summed E-state index contributed by atoms with van der Waals surface area (Å²) in [6.07, 6.45) is -6.96. The Morgan fingerprint density at radius 1 is 1.03 bits per heavy atom. The number of aliphatic hydroxyl groups is 4. The van der Waals surface area contributed by atoms with Gasteiger partial charge in [0, 0.05) is 27.7 Å². The molecule has 11 heteroatoms. The zero-order chi connectivity index (χ0) is 28.3. The van der Waals surface area contributed by atoms with Crippen molar-refractivity contribution in [2.24, 2.45) is 0 Å². The second-order valence-corrected chi connectivity index (χ2v) is 11.3. The zero-order valence-corrected chi connectivity index (χ0v) is 21.8. The summed E-state index contributed by atoms with van der Waals surface area (Å²) >= 11 is 0. The first-order valence-corrected chi connectivity index (χ1v) is 12.7. The number of carbonyl (C=O) groups is 1. The molecule has 5 N–H and O–H groups in total. The van der Waals surface area contributed by atoms with Gasteiger partial charge < -0.3 is 39.8 Å². The van der Waals surface area contributed by atoms with E-state index in [0.717, 1.165) is 16.6 Å². The van der Waals surface area contributed by atoms with Crippen LogP contribution in [0.1, 0.15) is 44.9 Å². The third kappa shape index (κ3) is 5.07. The van der Waals surface area contributed by atoms with Gasteiger partial charge in [0.05, 0.1) is 18.6 Å².